The Morgan fingerprint density at radius 2 is 1.89 bits per heavy atom. The first-order valence-corrected chi connectivity index (χ1v) is 4.56. The van der Waals surface area contributed by atoms with Crippen LogP contribution in [0.3, 0.4) is 0 Å². The summed E-state index contributed by atoms with van der Waals surface area (Å²) in [4.78, 5) is 32.3. The number of halogens is 3. The van der Waals surface area contributed by atoms with E-state index in [9.17, 15) is 27.6 Å². The second-order valence-corrected chi connectivity index (χ2v) is 3.11. The Bertz CT molecular complexity index is 331. The first kappa shape index (κ1) is 16.0. The van der Waals surface area contributed by atoms with Gasteiger partial charge in [-0.15, -0.1) is 0 Å². The molecule has 0 aromatic carbocycles. The number of ether oxygens (including phenoxy) is 1. The molecule has 0 rings (SSSR count). The molecule has 0 saturated heterocycles. The number of carboxylic acids is 1. The lowest BCUT2D eigenvalue weighted by Gasteiger charge is -2.14. The molecule has 18 heavy (non-hydrogen) atoms. The van der Waals surface area contributed by atoms with Crippen LogP contribution in [-0.4, -0.2) is 48.9 Å². The molecule has 10 heteroatoms. The highest BCUT2D eigenvalue weighted by molar-refractivity contribution is 5.86. The molecule has 3 N–H and O–H groups in total. The predicted molar refractivity (Wildman–Crippen MR) is 50.6 cm³/mol. The molecular weight excluding hydrogens is 261 g/mol. The molecule has 0 aromatic rings. The Morgan fingerprint density at radius 1 is 1.33 bits per heavy atom. The fraction of sp³-hybridized carbons (Fsp3) is 0.625. The van der Waals surface area contributed by atoms with Crippen molar-refractivity contribution in [3.63, 3.8) is 0 Å². The van der Waals surface area contributed by atoms with Gasteiger partial charge in [-0.05, 0) is 0 Å². The molecule has 0 aliphatic rings. The minimum Gasteiger partial charge on any atom is -0.480 e. The standard InChI is InChI=1S/C8H11F3N2O5/c1-18-5(14)2-4(6(15)16)13-7(17)12-3-8(9,10)11/h4H,2-3H2,1H3,(H,15,16)(H2,12,13,17)/t4-/m0/s1. The number of rotatable bonds is 5. The lowest BCUT2D eigenvalue weighted by atomic mass is 10.2. The summed E-state index contributed by atoms with van der Waals surface area (Å²) in [7, 11) is 1.00. The lowest BCUT2D eigenvalue weighted by Crippen LogP contribution is -2.48. The van der Waals surface area contributed by atoms with Crippen LogP contribution in [0.2, 0.25) is 0 Å². The van der Waals surface area contributed by atoms with E-state index in [-0.39, 0.29) is 0 Å². The highest BCUT2D eigenvalue weighted by Crippen LogP contribution is 2.11. The van der Waals surface area contributed by atoms with Gasteiger partial charge in [0.15, 0.2) is 0 Å². The second kappa shape index (κ2) is 6.67. The van der Waals surface area contributed by atoms with Crippen LogP contribution in [0.15, 0.2) is 0 Å². The van der Waals surface area contributed by atoms with E-state index in [4.69, 9.17) is 5.11 Å². The number of carbonyl (C=O) groups excluding carboxylic acids is 2. The topological polar surface area (TPSA) is 105 Å². The van der Waals surface area contributed by atoms with Crippen molar-refractivity contribution >= 4 is 18.0 Å². The molecule has 0 saturated carbocycles. The Labute approximate surface area is 99.3 Å². The zero-order valence-corrected chi connectivity index (χ0v) is 9.21. The van der Waals surface area contributed by atoms with Gasteiger partial charge in [0.1, 0.15) is 12.6 Å². The first-order valence-electron chi connectivity index (χ1n) is 4.56. The van der Waals surface area contributed by atoms with Crippen LogP contribution in [0, 0.1) is 0 Å². The molecule has 0 heterocycles. The van der Waals surface area contributed by atoms with Crippen molar-refractivity contribution in [2.24, 2.45) is 0 Å². The molecule has 0 aromatic heterocycles. The molecule has 0 radical (unpaired) electrons. The monoisotopic (exact) mass is 272 g/mol. The van der Waals surface area contributed by atoms with Gasteiger partial charge in [-0.2, -0.15) is 13.2 Å². The summed E-state index contributed by atoms with van der Waals surface area (Å²) < 4.78 is 39.4. The van der Waals surface area contributed by atoms with Crippen LogP contribution < -0.4 is 10.6 Å². The van der Waals surface area contributed by atoms with Crippen molar-refractivity contribution in [3.05, 3.63) is 0 Å². The number of aliphatic carboxylic acids is 1. The van der Waals surface area contributed by atoms with Crippen LogP contribution in [0.1, 0.15) is 6.42 Å². The minimum absolute atomic E-state index is 0.689. The lowest BCUT2D eigenvalue weighted by molar-refractivity contribution is -0.147. The van der Waals surface area contributed by atoms with E-state index >= 15 is 0 Å². The molecule has 0 aliphatic heterocycles. The predicted octanol–water partition coefficient (Wildman–Crippen LogP) is -0.136. The number of methoxy groups -OCH3 is 1. The number of nitrogens with one attached hydrogen (secondary N) is 2. The van der Waals surface area contributed by atoms with Gasteiger partial charge >= 0.3 is 24.1 Å². The Hall–Kier alpha value is -2.00. The van der Waals surface area contributed by atoms with Crippen molar-refractivity contribution < 1.29 is 37.4 Å². The van der Waals surface area contributed by atoms with Gasteiger partial charge in [-0.1, -0.05) is 0 Å². The number of hydrogen-bond acceptors (Lipinski definition) is 4. The molecule has 7 nitrogen and oxygen atoms in total. The van der Waals surface area contributed by atoms with Crippen LogP contribution in [0.4, 0.5) is 18.0 Å². The van der Waals surface area contributed by atoms with Gasteiger partial charge in [0.2, 0.25) is 0 Å². The van der Waals surface area contributed by atoms with Crippen molar-refractivity contribution in [1.82, 2.24) is 10.6 Å². The van der Waals surface area contributed by atoms with E-state index < -0.39 is 43.2 Å². The molecule has 2 amide bonds. The van der Waals surface area contributed by atoms with Crippen molar-refractivity contribution in [3.8, 4) is 0 Å². The van der Waals surface area contributed by atoms with Gasteiger partial charge < -0.3 is 20.5 Å². The number of alkyl halides is 3. The van der Waals surface area contributed by atoms with Gasteiger partial charge in [-0.3, -0.25) is 4.79 Å². The fourth-order valence-electron chi connectivity index (χ4n) is 0.840. The largest absolute Gasteiger partial charge is 0.480 e. The summed E-state index contributed by atoms with van der Waals surface area (Å²) in [5.41, 5.74) is 0. The number of carbonyl (C=O) groups is 3. The van der Waals surface area contributed by atoms with E-state index in [1.54, 1.807) is 5.32 Å². The average molecular weight is 272 g/mol. The van der Waals surface area contributed by atoms with E-state index in [1.165, 1.54) is 5.32 Å². The normalized spacial score (nSPS) is 12.4. The van der Waals surface area contributed by atoms with Crippen LogP contribution in [-0.2, 0) is 14.3 Å². The SMILES string of the molecule is COC(=O)C[C@H](NC(=O)NCC(F)(F)F)C(=O)O. The Morgan fingerprint density at radius 3 is 2.28 bits per heavy atom. The Kier molecular flexibility index (Phi) is 5.93. The van der Waals surface area contributed by atoms with E-state index in [2.05, 4.69) is 4.74 Å². The van der Waals surface area contributed by atoms with E-state index in [0.717, 1.165) is 7.11 Å². The number of esters is 1. The third-order valence-electron chi connectivity index (χ3n) is 1.65. The summed E-state index contributed by atoms with van der Waals surface area (Å²) in [5, 5.41) is 11.7. The van der Waals surface area contributed by atoms with Crippen molar-refractivity contribution in [1.29, 1.82) is 0 Å². The molecule has 0 fully saturated rings. The van der Waals surface area contributed by atoms with Gasteiger partial charge in [0.05, 0.1) is 13.5 Å². The van der Waals surface area contributed by atoms with E-state index in [0.29, 0.717) is 0 Å². The third-order valence-corrected chi connectivity index (χ3v) is 1.65. The zero-order valence-electron chi connectivity index (χ0n) is 9.21. The van der Waals surface area contributed by atoms with Gasteiger partial charge in [0, 0.05) is 0 Å². The zero-order chi connectivity index (χ0) is 14.3. The molecule has 0 aliphatic carbocycles. The quantitative estimate of drug-likeness (QED) is 0.604. The molecule has 104 valence electrons. The number of amides is 2. The second-order valence-electron chi connectivity index (χ2n) is 3.11. The molecule has 0 bridgehead atoms. The van der Waals surface area contributed by atoms with Gasteiger partial charge in [0.25, 0.3) is 0 Å². The average Bonchev–Trinajstić information content (AvgIpc) is 2.24. The summed E-state index contributed by atoms with van der Waals surface area (Å²) in [6, 6.07) is -3.01. The van der Waals surface area contributed by atoms with Crippen LogP contribution in [0.25, 0.3) is 0 Å². The van der Waals surface area contributed by atoms with E-state index in [1.807, 2.05) is 0 Å². The van der Waals surface area contributed by atoms with Crippen LogP contribution in [0.5, 0.6) is 0 Å². The molecule has 0 unspecified atom stereocenters. The maximum Gasteiger partial charge on any atom is 0.405 e. The minimum atomic E-state index is -4.61. The van der Waals surface area contributed by atoms with Crippen LogP contribution >= 0.6 is 0 Å². The van der Waals surface area contributed by atoms with Crippen molar-refractivity contribution in [2.45, 2.75) is 18.6 Å². The summed E-state index contributed by atoms with van der Waals surface area (Å²) in [6.45, 7) is -1.61. The molecule has 0 spiro atoms. The summed E-state index contributed by atoms with van der Waals surface area (Å²) >= 11 is 0. The van der Waals surface area contributed by atoms with Crippen molar-refractivity contribution in [2.75, 3.05) is 13.7 Å². The molecular formula is C8H11F3N2O5. The maximum absolute atomic E-state index is 11.7. The highest BCUT2D eigenvalue weighted by atomic mass is 19.4. The summed E-state index contributed by atoms with van der Waals surface area (Å²) in [5.74, 6) is -2.49. The first-order chi connectivity index (χ1) is 8.15. The number of hydrogen-bond donors (Lipinski definition) is 3. The fourth-order valence-corrected chi connectivity index (χ4v) is 0.840. The summed E-state index contributed by atoms with van der Waals surface area (Å²) in [6.07, 6.45) is -5.30. The number of carboxylic acid groups (broad SMARTS) is 1. The Balaban J connectivity index is 4.29. The number of urea groups is 1. The molecule has 1 atom stereocenters. The van der Waals surface area contributed by atoms with Gasteiger partial charge in [-0.25, -0.2) is 9.59 Å². The smallest absolute Gasteiger partial charge is 0.405 e. The highest BCUT2D eigenvalue weighted by Gasteiger charge is 2.29. The third kappa shape index (κ3) is 7.30. The maximum atomic E-state index is 11.7.